The molecule has 1 atom stereocenters. The number of methoxy groups -OCH3 is 2. The predicted octanol–water partition coefficient (Wildman–Crippen LogP) is 5.85. The molecular formula is C34H37Cl2N7O3. The van der Waals surface area contributed by atoms with Crippen molar-refractivity contribution in [2.75, 3.05) is 20.8 Å². The molecule has 240 valence electrons. The number of carbonyl (C=O) groups is 1. The summed E-state index contributed by atoms with van der Waals surface area (Å²) in [6.07, 6.45) is 7.14. The normalized spacial score (nSPS) is 19.1. The van der Waals surface area contributed by atoms with Crippen LogP contribution in [0.25, 0.3) is 33.6 Å². The Labute approximate surface area is 278 Å². The Bertz CT molecular complexity index is 1730. The molecular weight excluding hydrogens is 625 g/mol. The SMILES string of the molecule is COc1nc(-c2cccc(-c3cccc(-c4cnc(CN[C@H]5C[C@@H](C)C5)c(OC)n4)c3Cl)c2Cl)cnc1CNC[C@@H]1CCC(=O)N1. The smallest absolute Gasteiger partial charge is 0.237 e. The van der Waals surface area contributed by atoms with Gasteiger partial charge >= 0.3 is 0 Å². The van der Waals surface area contributed by atoms with Crippen LogP contribution in [0.2, 0.25) is 10.0 Å². The van der Waals surface area contributed by atoms with Crippen molar-refractivity contribution in [2.45, 2.75) is 57.8 Å². The van der Waals surface area contributed by atoms with Crippen LogP contribution in [0, 0.1) is 5.92 Å². The Balaban J connectivity index is 1.23. The monoisotopic (exact) mass is 661 g/mol. The minimum Gasteiger partial charge on any atom is -0.480 e. The first-order chi connectivity index (χ1) is 22.3. The minimum absolute atomic E-state index is 0.0883. The first kappa shape index (κ1) is 32.1. The number of nitrogens with zero attached hydrogens (tertiary/aromatic N) is 4. The van der Waals surface area contributed by atoms with Gasteiger partial charge in [0.1, 0.15) is 11.4 Å². The highest BCUT2D eigenvalue weighted by Crippen LogP contribution is 2.42. The number of hydrogen-bond acceptors (Lipinski definition) is 9. The molecule has 0 spiro atoms. The van der Waals surface area contributed by atoms with Crippen LogP contribution in [0.4, 0.5) is 0 Å². The molecule has 2 aliphatic rings. The summed E-state index contributed by atoms with van der Waals surface area (Å²) >= 11 is 14.1. The molecule has 3 N–H and O–H groups in total. The second kappa shape index (κ2) is 14.3. The molecule has 3 heterocycles. The average Bonchev–Trinajstić information content (AvgIpc) is 3.47. The van der Waals surface area contributed by atoms with E-state index in [1.807, 2.05) is 36.4 Å². The molecule has 0 radical (unpaired) electrons. The number of halogens is 2. The molecule has 1 amide bonds. The number of ether oxygens (including phenoxy) is 2. The van der Waals surface area contributed by atoms with E-state index in [-0.39, 0.29) is 11.9 Å². The number of aromatic nitrogens is 4. The maximum absolute atomic E-state index is 11.5. The summed E-state index contributed by atoms with van der Waals surface area (Å²) < 4.78 is 11.2. The lowest BCUT2D eigenvalue weighted by Gasteiger charge is -2.33. The fourth-order valence-corrected chi connectivity index (χ4v) is 6.65. The zero-order valence-electron chi connectivity index (χ0n) is 26.1. The van der Waals surface area contributed by atoms with Crippen LogP contribution in [-0.4, -0.2) is 58.7 Å². The maximum Gasteiger partial charge on any atom is 0.237 e. The molecule has 10 nitrogen and oxygen atoms in total. The van der Waals surface area contributed by atoms with E-state index in [9.17, 15) is 4.79 Å². The molecule has 6 rings (SSSR count). The van der Waals surface area contributed by atoms with Crippen molar-refractivity contribution in [3.05, 3.63) is 70.2 Å². The van der Waals surface area contributed by atoms with Gasteiger partial charge in [-0.05, 0) is 25.2 Å². The van der Waals surface area contributed by atoms with E-state index in [0.29, 0.717) is 82.1 Å². The van der Waals surface area contributed by atoms with E-state index >= 15 is 0 Å². The highest BCUT2D eigenvalue weighted by Gasteiger charge is 2.25. The lowest BCUT2D eigenvalue weighted by molar-refractivity contribution is -0.119. The van der Waals surface area contributed by atoms with Crippen LogP contribution in [0.15, 0.2) is 48.8 Å². The standard InChI is InChI=1S/C34H37Cl2N7O3/c1-19-12-21(13-19)38-18-29-34(46-3)43-27(17-40-29)25-9-5-7-23(32(25)36)22-6-4-8-24(31(22)35)26-16-39-28(33(42-26)45-2)15-37-14-20-10-11-30(44)41-20/h4-9,16-17,19-21,37-38H,10-15,18H2,1-3H3,(H,41,44)/t19-,20-,21+/m0/s1. The van der Waals surface area contributed by atoms with Gasteiger partial charge in [0.25, 0.3) is 0 Å². The molecule has 0 unspecified atom stereocenters. The molecule has 46 heavy (non-hydrogen) atoms. The van der Waals surface area contributed by atoms with Crippen LogP contribution >= 0.6 is 23.2 Å². The van der Waals surface area contributed by atoms with Crippen molar-refractivity contribution in [3.8, 4) is 45.4 Å². The molecule has 0 bridgehead atoms. The van der Waals surface area contributed by atoms with Gasteiger partial charge in [0.2, 0.25) is 17.7 Å². The van der Waals surface area contributed by atoms with Crippen LogP contribution < -0.4 is 25.4 Å². The molecule has 1 aliphatic heterocycles. The van der Waals surface area contributed by atoms with Crippen molar-refractivity contribution in [1.82, 2.24) is 35.9 Å². The van der Waals surface area contributed by atoms with E-state index < -0.39 is 0 Å². The van der Waals surface area contributed by atoms with Crippen LogP contribution in [0.3, 0.4) is 0 Å². The van der Waals surface area contributed by atoms with Crippen molar-refractivity contribution in [3.63, 3.8) is 0 Å². The van der Waals surface area contributed by atoms with Crippen LogP contribution in [-0.2, 0) is 17.9 Å². The van der Waals surface area contributed by atoms with Gasteiger partial charge in [-0.3, -0.25) is 14.8 Å². The van der Waals surface area contributed by atoms with Gasteiger partial charge < -0.3 is 25.4 Å². The Morgan fingerprint density at radius 1 is 0.848 bits per heavy atom. The van der Waals surface area contributed by atoms with Crippen molar-refractivity contribution in [1.29, 1.82) is 0 Å². The van der Waals surface area contributed by atoms with Crippen molar-refractivity contribution in [2.24, 2.45) is 5.92 Å². The van der Waals surface area contributed by atoms with Crippen LogP contribution in [0.5, 0.6) is 11.8 Å². The van der Waals surface area contributed by atoms with Gasteiger partial charge in [-0.15, -0.1) is 0 Å². The zero-order chi connectivity index (χ0) is 32.2. The number of carbonyl (C=O) groups excluding carboxylic acids is 1. The van der Waals surface area contributed by atoms with Gasteiger partial charge in [0.15, 0.2) is 0 Å². The van der Waals surface area contributed by atoms with Gasteiger partial charge in [-0.1, -0.05) is 66.5 Å². The van der Waals surface area contributed by atoms with Crippen molar-refractivity contribution >= 4 is 29.1 Å². The number of hydrogen-bond donors (Lipinski definition) is 3. The molecule has 1 saturated heterocycles. The predicted molar refractivity (Wildman–Crippen MR) is 179 cm³/mol. The lowest BCUT2D eigenvalue weighted by atomic mass is 9.82. The second-order valence-electron chi connectivity index (χ2n) is 11.8. The van der Waals surface area contributed by atoms with E-state index in [1.165, 1.54) is 12.8 Å². The topological polar surface area (TPSA) is 123 Å². The van der Waals surface area contributed by atoms with E-state index in [0.717, 1.165) is 29.2 Å². The summed E-state index contributed by atoms with van der Waals surface area (Å²) in [5, 5.41) is 10.8. The molecule has 1 saturated carbocycles. The highest BCUT2D eigenvalue weighted by molar-refractivity contribution is 6.39. The number of rotatable bonds is 12. The third-order valence-electron chi connectivity index (χ3n) is 8.55. The average molecular weight is 663 g/mol. The Hall–Kier alpha value is -3.83. The summed E-state index contributed by atoms with van der Waals surface area (Å²) in [7, 11) is 3.16. The summed E-state index contributed by atoms with van der Waals surface area (Å²) in [5.74, 6) is 1.72. The minimum atomic E-state index is 0.0883. The quantitative estimate of drug-likeness (QED) is 0.172. The largest absolute Gasteiger partial charge is 0.480 e. The molecule has 2 aromatic heterocycles. The Kier molecular flexibility index (Phi) is 9.98. The summed E-state index contributed by atoms with van der Waals surface area (Å²) in [6.45, 7) is 3.95. The number of benzene rings is 2. The van der Waals surface area contributed by atoms with Crippen LogP contribution in [0.1, 0.15) is 44.0 Å². The zero-order valence-corrected chi connectivity index (χ0v) is 27.6. The summed E-state index contributed by atoms with van der Waals surface area (Å²) in [4.78, 5) is 30.3. The number of amides is 1. The molecule has 4 aromatic rings. The first-order valence-corrected chi connectivity index (χ1v) is 16.2. The second-order valence-corrected chi connectivity index (χ2v) is 12.6. The number of nitrogens with one attached hydrogen (secondary N) is 3. The highest BCUT2D eigenvalue weighted by atomic mass is 35.5. The molecule has 12 heteroatoms. The third-order valence-corrected chi connectivity index (χ3v) is 9.36. The van der Waals surface area contributed by atoms with Gasteiger partial charge in [-0.25, -0.2) is 9.97 Å². The third kappa shape index (κ3) is 6.95. The molecule has 2 fully saturated rings. The Morgan fingerprint density at radius 2 is 1.39 bits per heavy atom. The van der Waals surface area contributed by atoms with Gasteiger partial charge in [0.05, 0.1) is 48.0 Å². The van der Waals surface area contributed by atoms with E-state index in [4.69, 9.17) is 42.6 Å². The maximum atomic E-state index is 11.5. The fraction of sp³-hybridized carbons (Fsp3) is 0.382. The first-order valence-electron chi connectivity index (χ1n) is 15.5. The molecule has 2 aromatic carbocycles. The van der Waals surface area contributed by atoms with Gasteiger partial charge in [0, 0.05) is 60.4 Å². The van der Waals surface area contributed by atoms with E-state index in [1.54, 1.807) is 26.6 Å². The van der Waals surface area contributed by atoms with Gasteiger partial charge in [-0.2, -0.15) is 0 Å². The lowest BCUT2D eigenvalue weighted by Crippen LogP contribution is -2.39. The fourth-order valence-electron chi connectivity index (χ4n) is 6.00. The molecule has 1 aliphatic carbocycles. The summed E-state index contributed by atoms with van der Waals surface area (Å²) in [5.41, 5.74) is 5.49. The Morgan fingerprint density at radius 3 is 1.89 bits per heavy atom. The summed E-state index contributed by atoms with van der Waals surface area (Å²) in [6, 6.07) is 12.1. The van der Waals surface area contributed by atoms with Crippen molar-refractivity contribution < 1.29 is 14.3 Å². The van der Waals surface area contributed by atoms with E-state index in [2.05, 4.69) is 32.8 Å².